The van der Waals surface area contributed by atoms with Gasteiger partial charge < -0.3 is 4.90 Å². The Morgan fingerprint density at radius 3 is 2.25 bits per heavy atom. The smallest absolute Gasteiger partial charge is 0.243 e. The quantitative estimate of drug-likeness (QED) is 0.446. The molecule has 0 atom stereocenters. The summed E-state index contributed by atoms with van der Waals surface area (Å²) in [6.07, 6.45) is 0. The third-order valence-corrected chi connectivity index (χ3v) is 7.72. The molecule has 1 aliphatic rings. The molecule has 0 bridgehead atoms. The normalized spacial score (nSPS) is 15.2. The van der Waals surface area contributed by atoms with Crippen LogP contribution in [0.25, 0.3) is 22.3 Å². The molecule has 0 aliphatic carbocycles. The minimum absolute atomic E-state index is 0.220. The Balaban J connectivity index is 1.45. The minimum Gasteiger partial charge on any atom is -0.353 e. The number of hydrogen-bond acceptors (Lipinski definition) is 5. The summed E-state index contributed by atoms with van der Waals surface area (Å²) in [6, 6.07) is 24.2. The average Bonchev–Trinajstić information content (AvgIpc) is 2.84. The second-order valence-electron chi connectivity index (χ2n) is 7.60. The molecule has 0 saturated carbocycles. The molecule has 2 heterocycles. The molecule has 6 nitrogen and oxygen atoms in total. The van der Waals surface area contributed by atoms with Gasteiger partial charge in [0.25, 0.3) is 0 Å². The predicted molar refractivity (Wildman–Crippen MR) is 127 cm³/mol. The topological polar surface area (TPSA) is 66.4 Å². The van der Waals surface area contributed by atoms with Crippen molar-refractivity contribution in [1.29, 1.82) is 0 Å². The van der Waals surface area contributed by atoms with Crippen LogP contribution in [0.4, 0.5) is 5.82 Å². The van der Waals surface area contributed by atoms with E-state index in [0.717, 1.165) is 22.3 Å². The van der Waals surface area contributed by atoms with Gasteiger partial charge in [0.05, 0.1) is 10.4 Å². The summed E-state index contributed by atoms with van der Waals surface area (Å²) in [5, 5.41) is 1.36. The zero-order valence-corrected chi connectivity index (χ0v) is 18.8. The van der Waals surface area contributed by atoms with E-state index in [0.29, 0.717) is 37.0 Å². The van der Waals surface area contributed by atoms with Crippen molar-refractivity contribution in [1.82, 2.24) is 14.3 Å². The van der Waals surface area contributed by atoms with Crippen molar-refractivity contribution in [2.45, 2.75) is 4.90 Å². The van der Waals surface area contributed by atoms with E-state index in [1.54, 1.807) is 18.2 Å². The van der Waals surface area contributed by atoms with E-state index in [2.05, 4.69) is 4.90 Å². The molecular weight excluding hydrogens is 444 g/mol. The molecule has 0 spiro atoms. The van der Waals surface area contributed by atoms with E-state index >= 15 is 0 Å². The number of para-hydroxylation sites is 1. The number of sulfonamides is 1. The summed E-state index contributed by atoms with van der Waals surface area (Å²) in [6.45, 7) is 1.81. The van der Waals surface area contributed by atoms with Crippen molar-refractivity contribution in [2.24, 2.45) is 0 Å². The number of fused-ring (bicyclic) bond motifs is 1. The van der Waals surface area contributed by atoms with Crippen LogP contribution in [0.15, 0.2) is 83.8 Å². The lowest BCUT2D eigenvalue weighted by atomic mass is 10.1. The standard InChI is InChI=1S/C24H21ClN4O2S/c25-19-9-6-10-20(17-19)32(30,31)29-15-13-28(14-16-29)24-21-11-4-5-12-22(21)26-23(27-24)18-7-2-1-3-8-18/h1-12,17H,13-16H2. The van der Waals surface area contributed by atoms with Crippen molar-refractivity contribution >= 4 is 38.3 Å². The van der Waals surface area contributed by atoms with Gasteiger partial charge in [-0.25, -0.2) is 18.4 Å². The van der Waals surface area contributed by atoms with Crippen LogP contribution in [0.3, 0.4) is 0 Å². The third kappa shape index (κ3) is 3.95. The molecule has 0 amide bonds. The molecule has 1 aliphatic heterocycles. The molecule has 0 N–H and O–H groups in total. The lowest BCUT2D eigenvalue weighted by molar-refractivity contribution is 0.384. The fraction of sp³-hybridized carbons (Fsp3) is 0.167. The van der Waals surface area contributed by atoms with E-state index in [-0.39, 0.29) is 4.90 Å². The van der Waals surface area contributed by atoms with Crippen LogP contribution in [-0.2, 0) is 10.0 Å². The lowest BCUT2D eigenvalue weighted by Gasteiger charge is -2.35. The second-order valence-corrected chi connectivity index (χ2v) is 9.98. The molecule has 0 radical (unpaired) electrons. The molecule has 0 unspecified atom stereocenters. The highest BCUT2D eigenvalue weighted by atomic mass is 35.5. The maximum absolute atomic E-state index is 13.1. The Morgan fingerprint density at radius 2 is 1.50 bits per heavy atom. The van der Waals surface area contributed by atoms with Crippen molar-refractivity contribution in [2.75, 3.05) is 31.1 Å². The van der Waals surface area contributed by atoms with E-state index < -0.39 is 10.0 Å². The monoisotopic (exact) mass is 464 g/mol. The fourth-order valence-corrected chi connectivity index (χ4v) is 5.66. The van der Waals surface area contributed by atoms with Crippen LogP contribution in [0.2, 0.25) is 5.02 Å². The van der Waals surface area contributed by atoms with E-state index in [1.807, 2.05) is 54.6 Å². The summed E-state index contributed by atoms with van der Waals surface area (Å²) >= 11 is 6.01. The van der Waals surface area contributed by atoms with Gasteiger partial charge in [-0.3, -0.25) is 0 Å². The van der Waals surface area contributed by atoms with Gasteiger partial charge in [-0.2, -0.15) is 4.31 Å². The Labute approximate surface area is 192 Å². The lowest BCUT2D eigenvalue weighted by Crippen LogP contribution is -2.49. The summed E-state index contributed by atoms with van der Waals surface area (Å²) < 4.78 is 27.6. The molecule has 3 aromatic carbocycles. The van der Waals surface area contributed by atoms with Gasteiger partial charge >= 0.3 is 0 Å². The predicted octanol–water partition coefficient (Wildman–Crippen LogP) is 4.46. The molecule has 5 rings (SSSR count). The number of anilines is 1. The van der Waals surface area contributed by atoms with Crippen molar-refractivity contribution in [3.63, 3.8) is 0 Å². The number of rotatable bonds is 4. The number of aromatic nitrogens is 2. The first-order chi connectivity index (χ1) is 15.5. The maximum Gasteiger partial charge on any atom is 0.243 e. The van der Waals surface area contributed by atoms with Gasteiger partial charge in [-0.05, 0) is 30.3 Å². The maximum atomic E-state index is 13.1. The summed E-state index contributed by atoms with van der Waals surface area (Å²) in [5.41, 5.74) is 1.81. The van der Waals surface area contributed by atoms with Crippen molar-refractivity contribution in [3.8, 4) is 11.4 Å². The highest BCUT2D eigenvalue weighted by Crippen LogP contribution is 2.29. The largest absolute Gasteiger partial charge is 0.353 e. The third-order valence-electron chi connectivity index (χ3n) is 5.59. The molecule has 162 valence electrons. The van der Waals surface area contributed by atoms with Gasteiger partial charge in [0, 0.05) is 42.2 Å². The molecule has 32 heavy (non-hydrogen) atoms. The van der Waals surface area contributed by atoms with E-state index in [4.69, 9.17) is 21.6 Å². The summed E-state index contributed by atoms with van der Waals surface area (Å²) in [5.74, 6) is 1.49. The van der Waals surface area contributed by atoms with Gasteiger partial charge in [-0.1, -0.05) is 60.1 Å². The van der Waals surface area contributed by atoms with Crippen LogP contribution >= 0.6 is 11.6 Å². The van der Waals surface area contributed by atoms with Crippen molar-refractivity contribution in [3.05, 3.63) is 83.9 Å². The SMILES string of the molecule is O=S(=O)(c1cccc(Cl)c1)N1CCN(c2nc(-c3ccccc3)nc3ccccc23)CC1. The first-order valence-corrected chi connectivity index (χ1v) is 12.2. The zero-order valence-electron chi connectivity index (χ0n) is 17.2. The van der Waals surface area contributed by atoms with Gasteiger partial charge in [-0.15, -0.1) is 0 Å². The number of hydrogen-bond donors (Lipinski definition) is 0. The molecule has 1 fully saturated rings. The molecule has 1 saturated heterocycles. The molecule has 8 heteroatoms. The Kier molecular flexibility index (Phi) is 5.55. The second kappa shape index (κ2) is 8.50. The van der Waals surface area contributed by atoms with Gasteiger partial charge in [0.2, 0.25) is 10.0 Å². The van der Waals surface area contributed by atoms with E-state index in [1.165, 1.54) is 10.4 Å². The Morgan fingerprint density at radius 1 is 0.781 bits per heavy atom. The summed E-state index contributed by atoms with van der Waals surface area (Å²) in [4.78, 5) is 12.0. The first kappa shape index (κ1) is 20.9. The molecular formula is C24H21ClN4O2S. The number of piperazine rings is 1. The number of nitrogens with zero attached hydrogens (tertiary/aromatic N) is 4. The van der Waals surface area contributed by atoms with Gasteiger partial charge in [0.15, 0.2) is 5.82 Å². The average molecular weight is 465 g/mol. The van der Waals surface area contributed by atoms with Crippen LogP contribution in [0.1, 0.15) is 0 Å². The zero-order chi connectivity index (χ0) is 22.1. The van der Waals surface area contributed by atoms with Crippen LogP contribution < -0.4 is 4.90 Å². The highest BCUT2D eigenvalue weighted by molar-refractivity contribution is 7.89. The van der Waals surface area contributed by atoms with Crippen LogP contribution in [0.5, 0.6) is 0 Å². The number of benzene rings is 3. The Bertz CT molecular complexity index is 1370. The molecule has 4 aromatic rings. The highest BCUT2D eigenvalue weighted by Gasteiger charge is 2.30. The van der Waals surface area contributed by atoms with Crippen LogP contribution in [-0.4, -0.2) is 48.9 Å². The van der Waals surface area contributed by atoms with E-state index in [9.17, 15) is 8.42 Å². The fourth-order valence-electron chi connectivity index (χ4n) is 3.93. The van der Waals surface area contributed by atoms with Crippen LogP contribution in [0, 0.1) is 0 Å². The van der Waals surface area contributed by atoms with Crippen molar-refractivity contribution < 1.29 is 8.42 Å². The number of halogens is 1. The minimum atomic E-state index is -3.59. The first-order valence-electron chi connectivity index (χ1n) is 10.4. The summed E-state index contributed by atoms with van der Waals surface area (Å²) in [7, 11) is -3.59. The Hall–Kier alpha value is -3.00. The molecule has 1 aromatic heterocycles. The van der Waals surface area contributed by atoms with Gasteiger partial charge in [0.1, 0.15) is 5.82 Å².